The van der Waals surface area contributed by atoms with Gasteiger partial charge in [0.1, 0.15) is 0 Å². The molecule has 0 saturated heterocycles. The van der Waals surface area contributed by atoms with Gasteiger partial charge in [0.05, 0.1) is 5.02 Å². The summed E-state index contributed by atoms with van der Waals surface area (Å²) in [6.07, 6.45) is 1.11. The number of hydrogen-bond acceptors (Lipinski definition) is 3. The Bertz CT molecular complexity index is 508. The molecule has 0 unspecified atom stereocenters. The van der Waals surface area contributed by atoms with Gasteiger partial charge in [-0.15, -0.1) is 23.1 Å². The molecular formula is C13H14ClNS2. The molecule has 0 fully saturated rings. The fourth-order valence-electron chi connectivity index (χ4n) is 1.47. The fourth-order valence-corrected chi connectivity index (χ4v) is 3.74. The lowest BCUT2D eigenvalue weighted by atomic mass is 10.3. The maximum absolute atomic E-state index is 6.12. The van der Waals surface area contributed by atoms with Crippen molar-refractivity contribution in [2.24, 2.45) is 0 Å². The van der Waals surface area contributed by atoms with Crippen LogP contribution in [0.3, 0.4) is 0 Å². The van der Waals surface area contributed by atoms with Crippen LogP contribution in [0.4, 0.5) is 5.69 Å². The van der Waals surface area contributed by atoms with E-state index in [1.54, 1.807) is 11.8 Å². The first-order valence-electron chi connectivity index (χ1n) is 5.44. The van der Waals surface area contributed by atoms with E-state index in [4.69, 9.17) is 17.3 Å². The second-order valence-corrected chi connectivity index (χ2v) is 6.38. The zero-order chi connectivity index (χ0) is 12.3. The Hall–Kier alpha value is -0.640. The second-order valence-electron chi connectivity index (χ2n) is 3.70. The molecule has 2 N–H and O–H groups in total. The molecule has 4 heteroatoms. The fraction of sp³-hybridized carbons (Fsp3) is 0.231. The molecule has 1 aromatic heterocycles. The highest BCUT2D eigenvalue weighted by atomic mass is 35.5. The van der Waals surface area contributed by atoms with Crippen molar-refractivity contribution in [3.05, 3.63) is 45.1 Å². The lowest BCUT2D eigenvalue weighted by molar-refractivity contribution is 1.19. The number of benzene rings is 1. The third-order valence-corrected chi connectivity index (χ3v) is 5.35. The highest BCUT2D eigenvalue weighted by molar-refractivity contribution is 7.98. The van der Waals surface area contributed by atoms with Gasteiger partial charge in [0.25, 0.3) is 0 Å². The van der Waals surface area contributed by atoms with Crippen molar-refractivity contribution in [1.82, 2.24) is 0 Å². The van der Waals surface area contributed by atoms with Gasteiger partial charge in [-0.05, 0) is 36.8 Å². The lowest BCUT2D eigenvalue weighted by Crippen LogP contribution is -1.85. The molecule has 1 nitrogen and oxygen atoms in total. The highest BCUT2D eigenvalue weighted by Crippen LogP contribution is 2.33. The van der Waals surface area contributed by atoms with Gasteiger partial charge < -0.3 is 5.73 Å². The van der Waals surface area contributed by atoms with Crippen LogP contribution in [0.25, 0.3) is 0 Å². The summed E-state index contributed by atoms with van der Waals surface area (Å²) in [5.74, 6) is 0.952. The smallest absolute Gasteiger partial charge is 0.0543 e. The molecule has 0 aliphatic rings. The van der Waals surface area contributed by atoms with Gasteiger partial charge in [-0.25, -0.2) is 0 Å². The second kappa shape index (κ2) is 5.80. The number of aryl methyl sites for hydroxylation is 1. The average molecular weight is 284 g/mol. The summed E-state index contributed by atoms with van der Waals surface area (Å²) in [6, 6.07) is 10.00. The Labute approximate surface area is 115 Å². The van der Waals surface area contributed by atoms with Crippen LogP contribution < -0.4 is 5.73 Å². The molecule has 0 atom stereocenters. The molecule has 0 aliphatic heterocycles. The van der Waals surface area contributed by atoms with Gasteiger partial charge in [0.2, 0.25) is 0 Å². The van der Waals surface area contributed by atoms with Gasteiger partial charge in [-0.3, -0.25) is 0 Å². The van der Waals surface area contributed by atoms with Crippen LogP contribution in [0.15, 0.2) is 35.2 Å². The number of rotatable bonds is 4. The molecule has 17 heavy (non-hydrogen) atoms. The van der Waals surface area contributed by atoms with E-state index in [-0.39, 0.29) is 0 Å². The number of halogens is 1. The van der Waals surface area contributed by atoms with E-state index in [2.05, 4.69) is 19.1 Å². The molecule has 90 valence electrons. The maximum Gasteiger partial charge on any atom is 0.0543 e. The molecule has 1 heterocycles. The van der Waals surface area contributed by atoms with Crippen molar-refractivity contribution in [2.75, 3.05) is 5.73 Å². The minimum absolute atomic E-state index is 0.761. The molecular weight excluding hydrogens is 270 g/mol. The Morgan fingerprint density at radius 2 is 2.00 bits per heavy atom. The predicted molar refractivity (Wildman–Crippen MR) is 79.1 cm³/mol. The van der Waals surface area contributed by atoms with Crippen LogP contribution in [0.1, 0.15) is 16.7 Å². The van der Waals surface area contributed by atoms with Crippen molar-refractivity contribution < 1.29 is 0 Å². The molecule has 1 aromatic carbocycles. The van der Waals surface area contributed by atoms with Gasteiger partial charge in [0.15, 0.2) is 0 Å². The number of nitrogen functional groups attached to an aromatic ring is 1. The Balaban J connectivity index is 2.04. The van der Waals surface area contributed by atoms with Crippen LogP contribution in [-0.4, -0.2) is 0 Å². The quantitative estimate of drug-likeness (QED) is 0.642. The lowest BCUT2D eigenvalue weighted by Gasteiger charge is -2.04. The van der Waals surface area contributed by atoms with Crippen LogP contribution in [0.5, 0.6) is 0 Å². The minimum atomic E-state index is 0.761. The van der Waals surface area contributed by atoms with E-state index in [9.17, 15) is 0 Å². The summed E-state index contributed by atoms with van der Waals surface area (Å²) in [6.45, 7) is 2.18. The van der Waals surface area contributed by atoms with E-state index < -0.39 is 0 Å². The van der Waals surface area contributed by atoms with E-state index >= 15 is 0 Å². The number of thiophene rings is 1. The number of thioether (sulfide) groups is 1. The zero-order valence-electron chi connectivity index (χ0n) is 9.57. The maximum atomic E-state index is 6.12. The average Bonchev–Trinajstić information content (AvgIpc) is 2.78. The first-order valence-corrected chi connectivity index (χ1v) is 7.62. The number of anilines is 1. The summed E-state index contributed by atoms with van der Waals surface area (Å²) in [5.41, 5.74) is 6.51. The summed E-state index contributed by atoms with van der Waals surface area (Å²) >= 11 is 9.73. The molecule has 0 aliphatic carbocycles. The van der Waals surface area contributed by atoms with Gasteiger partial charge >= 0.3 is 0 Å². The first-order chi connectivity index (χ1) is 8.19. The van der Waals surface area contributed by atoms with E-state index in [0.717, 1.165) is 27.8 Å². The van der Waals surface area contributed by atoms with Gasteiger partial charge in [0, 0.05) is 26.1 Å². The van der Waals surface area contributed by atoms with Crippen molar-refractivity contribution in [3.63, 3.8) is 0 Å². The van der Waals surface area contributed by atoms with Crippen LogP contribution in [-0.2, 0) is 12.2 Å². The van der Waals surface area contributed by atoms with E-state index in [1.807, 2.05) is 29.5 Å². The van der Waals surface area contributed by atoms with Crippen LogP contribution in [0.2, 0.25) is 5.02 Å². The monoisotopic (exact) mass is 283 g/mol. The summed E-state index contributed by atoms with van der Waals surface area (Å²) < 4.78 is 0. The third-order valence-electron chi connectivity index (χ3n) is 2.39. The topological polar surface area (TPSA) is 26.0 Å². The molecule has 0 amide bonds. The summed E-state index contributed by atoms with van der Waals surface area (Å²) in [7, 11) is 0. The van der Waals surface area contributed by atoms with Gasteiger partial charge in [-0.2, -0.15) is 0 Å². The normalized spacial score (nSPS) is 10.7. The third kappa shape index (κ3) is 3.41. The summed E-state index contributed by atoms with van der Waals surface area (Å²) in [5, 5.41) is 0.775. The minimum Gasteiger partial charge on any atom is -0.399 e. The standard InChI is InChI=1S/C13H14ClNS2/c1-2-10-4-5-11(17-10)8-16-13-7-9(15)3-6-12(13)14/h3-7H,2,8,15H2,1H3. The summed E-state index contributed by atoms with van der Waals surface area (Å²) in [4.78, 5) is 3.86. The molecule has 2 aromatic rings. The largest absolute Gasteiger partial charge is 0.399 e. The van der Waals surface area contributed by atoms with Crippen LogP contribution in [0, 0.1) is 0 Å². The molecule has 0 radical (unpaired) electrons. The predicted octanol–water partition coefficient (Wildman–Crippen LogP) is 4.84. The molecule has 0 saturated carbocycles. The van der Waals surface area contributed by atoms with Crippen molar-refractivity contribution >= 4 is 40.4 Å². The Kier molecular flexibility index (Phi) is 4.37. The van der Waals surface area contributed by atoms with Crippen molar-refractivity contribution in [3.8, 4) is 0 Å². The van der Waals surface area contributed by atoms with Gasteiger partial charge in [-0.1, -0.05) is 18.5 Å². The molecule has 0 bridgehead atoms. The Morgan fingerprint density at radius 3 is 2.71 bits per heavy atom. The Morgan fingerprint density at radius 1 is 1.24 bits per heavy atom. The van der Waals surface area contributed by atoms with Crippen molar-refractivity contribution in [1.29, 1.82) is 0 Å². The first kappa shape index (κ1) is 12.8. The van der Waals surface area contributed by atoms with E-state index in [1.165, 1.54) is 9.75 Å². The van der Waals surface area contributed by atoms with Crippen molar-refractivity contribution in [2.45, 2.75) is 24.0 Å². The SMILES string of the molecule is CCc1ccc(CSc2cc(N)ccc2Cl)s1. The number of hydrogen-bond donors (Lipinski definition) is 1. The highest BCUT2D eigenvalue weighted by Gasteiger charge is 2.04. The number of nitrogens with two attached hydrogens (primary N) is 1. The molecule has 0 spiro atoms. The molecule has 2 rings (SSSR count). The van der Waals surface area contributed by atoms with Crippen LogP contribution >= 0.6 is 34.7 Å². The van der Waals surface area contributed by atoms with E-state index in [0.29, 0.717) is 0 Å². The zero-order valence-corrected chi connectivity index (χ0v) is 12.0.